The number of benzene rings is 2. The van der Waals surface area contributed by atoms with E-state index < -0.39 is 10.0 Å². The van der Waals surface area contributed by atoms with Gasteiger partial charge in [-0.3, -0.25) is 4.79 Å². The van der Waals surface area contributed by atoms with Crippen LogP contribution in [-0.2, 0) is 16.4 Å². The van der Waals surface area contributed by atoms with Crippen molar-refractivity contribution in [3.05, 3.63) is 63.6 Å². The van der Waals surface area contributed by atoms with Gasteiger partial charge in [0.25, 0.3) is 5.91 Å². The maximum atomic E-state index is 12.7. The monoisotopic (exact) mass is 436 g/mol. The Labute approximate surface area is 162 Å². The predicted octanol–water partition coefficient (Wildman–Crippen LogP) is 3.51. The van der Waals surface area contributed by atoms with Gasteiger partial charge in [0.1, 0.15) is 0 Å². The van der Waals surface area contributed by atoms with Gasteiger partial charge >= 0.3 is 0 Å². The molecular weight excluding hydrogens is 416 g/mol. The smallest absolute Gasteiger partial charge is 0.251 e. The molecule has 26 heavy (non-hydrogen) atoms. The lowest BCUT2D eigenvalue weighted by atomic mass is 9.87. The van der Waals surface area contributed by atoms with E-state index in [1.54, 1.807) is 12.1 Å². The van der Waals surface area contributed by atoms with Crippen molar-refractivity contribution in [1.29, 1.82) is 0 Å². The van der Waals surface area contributed by atoms with Crippen molar-refractivity contribution in [2.24, 2.45) is 0 Å². The van der Waals surface area contributed by atoms with Crippen LogP contribution in [0.4, 0.5) is 0 Å². The summed E-state index contributed by atoms with van der Waals surface area (Å²) in [6.07, 6.45) is 2.91. The van der Waals surface area contributed by atoms with E-state index in [1.165, 1.54) is 25.7 Å². The lowest BCUT2D eigenvalue weighted by Crippen LogP contribution is -2.31. The third kappa shape index (κ3) is 3.70. The lowest BCUT2D eigenvalue weighted by Gasteiger charge is -2.26. The highest BCUT2D eigenvalue weighted by Gasteiger charge is 2.25. The van der Waals surface area contributed by atoms with Crippen LogP contribution in [0, 0.1) is 0 Å². The zero-order valence-corrected chi connectivity index (χ0v) is 17.1. The van der Waals surface area contributed by atoms with E-state index in [-0.39, 0.29) is 16.8 Å². The topological polar surface area (TPSA) is 66.5 Å². The standard InChI is InChI=1S/C19H21BrN2O3S/c1-22(2)26(24,25)18-12-14(10-11-16(18)20)19(23)21-17-9-5-7-13-6-3-4-8-15(13)17/h3-4,6,8,10-12,17H,5,7,9H2,1-2H3,(H,21,23). The van der Waals surface area contributed by atoms with Crippen LogP contribution in [0.15, 0.2) is 51.8 Å². The SMILES string of the molecule is CN(C)S(=O)(=O)c1cc(C(=O)NC2CCCc3ccccc32)ccc1Br. The molecule has 0 spiro atoms. The van der Waals surface area contributed by atoms with Crippen molar-refractivity contribution >= 4 is 31.9 Å². The first-order valence-corrected chi connectivity index (χ1v) is 10.6. The molecule has 2 aromatic carbocycles. The summed E-state index contributed by atoms with van der Waals surface area (Å²) in [5.74, 6) is -0.269. The molecule has 0 bridgehead atoms. The Morgan fingerprint density at radius 1 is 1.19 bits per heavy atom. The van der Waals surface area contributed by atoms with Gasteiger partial charge in [-0.1, -0.05) is 24.3 Å². The van der Waals surface area contributed by atoms with Gasteiger partial charge < -0.3 is 5.32 Å². The van der Waals surface area contributed by atoms with Gasteiger partial charge in [0.2, 0.25) is 10.0 Å². The molecule has 0 saturated carbocycles. The van der Waals surface area contributed by atoms with E-state index >= 15 is 0 Å². The molecule has 5 nitrogen and oxygen atoms in total. The Bertz CT molecular complexity index is 942. The van der Waals surface area contributed by atoms with E-state index in [9.17, 15) is 13.2 Å². The quantitative estimate of drug-likeness (QED) is 0.796. The molecule has 2 aromatic rings. The maximum absolute atomic E-state index is 12.7. The summed E-state index contributed by atoms with van der Waals surface area (Å²) < 4.78 is 26.5. The molecule has 0 aromatic heterocycles. The summed E-state index contributed by atoms with van der Waals surface area (Å²) in [6, 6.07) is 12.7. The van der Waals surface area contributed by atoms with E-state index in [0.29, 0.717) is 10.0 Å². The Hall–Kier alpha value is -1.70. The second-order valence-electron chi connectivity index (χ2n) is 6.55. The molecule has 0 saturated heterocycles. The Morgan fingerprint density at radius 3 is 2.65 bits per heavy atom. The van der Waals surface area contributed by atoms with Crippen LogP contribution >= 0.6 is 15.9 Å². The van der Waals surface area contributed by atoms with Crippen molar-refractivity contribution in [2.75, 3.05) is 14.1 Å². The Balaban J connectivity index is 1.88. The molecule has 1 N–H and O–H groups in total. The molecule has 0 fully saturated rings. The number of aryl methyl sites for hydroxylation is 1. The minimum absolute atomic E-state index is 0.0509. The first kappa shape index (κ1) is 19.1. The molecule has 1 unspecified atom stereocenters. The average molecular weight is 437 g/mol. The van der Waals surface area contributed by atoms with Crippen molar-refractivity contribution in [1.82, 2.24) is 9.62 Å². The van der Waals surface area contributed by atoms with Crippen LogP contribution in [0.25, 0.3) is 0 Å². The first-order valence-electron chi connectivity index (χ1n) is 8.41. The number of halogens is 1. The number of sulfonamides is 1. The third-order valence-electron chi connectivity index (χ3n) is 4.63. The van der Waals surface area contributed by atoms with Crippen LogP contribution < -0.4 is 5.32 Å². The van der Waals surface area contributed by atoms with Gasteiger partial charge in [0.05, 0.1) is 10.9 Å². The first-order chi connectivity index (χ1) is 12.3. The molecule has 1 aliphatic carbocycles. The zero-order valence-electron chi connectivity index (χ0n) is 14.7. The largest absolute Gasteiger partial charge is 0.345 e. The van der Waals surface area contributed by atoms with Crippen LogP contribution in [-0.4, -0.2) is 32.7 Å². The van der Waals surface area contributed by atoms with Gasteiger partial charge in [-0.25, -0.2) is 12.7 Å². The van der Waals surface area contributed by atoms with E-state index in [2.05, 4.69) is 27.3 Å². The highest BCUT2D eigenvalue weighted by Crippen LogP contribution is 2.30. The number of carbonyl (C=O) groups excluding carboxylic acids is 1. The highest BCUT2D eigenvalue weighted by atomic mass is 79.9. The minimum atomic E-state index is -3.64. The summed E-state index contributed by atoms with van der Waals surface area (Å²) in [5, 5.41) is 3.06. The minimum Gasteiger partial charge on any atom is -0.345 e. The van der Waals surface area contributed by atoms with Crippen molar-refractivity contribution in [2.45, 2.75) is 30.2 Å². The van der Waals surface area contributed by atoms with Crippen molar-refractivity contribution in [3.63, 3.8) is 0 Å². The number of hydrogen-bond acceptors (Lipinski definition) is 3. The number of nitrogens with one attached hydrogen (secondary N) is 1. The van der Waals surface area contributed by atoms with Crippen LogP contribution in [0.1, 0.15) is 40.4 Å². The van der Waals surface area contributed by atoms with E-state index in [1.807, 2.05) is 18.2 Å². The summed E-state index contributed by atoms with van der Waals surface area (Å²) in [4.78, 5) is 12.8. The lowest BCUT2D eigenvalue weighted by molar-refractivity contribution is 0.0932. The molecule has 3 rings (SSSR count). The van der Waals surface area contributed by atoms with Crippen LogP contribution in [0.3, 0.4) is 0 Å². The molecule has 0 aliphatic heterocycles. The molecular formula is C19H21BrN2O3S. The highest BCUT2D eigenvalue weighted by molar-refractivity contribution is 9.10. The Morgan fingerprint density at radius 2 is 1.92 bits per heavy atom. The number of hydrogen-bond donors (Lipinski definition) is 1. The normalized spacial score (nSPS) is 17.0. The fraction of sp³-hybridized carbons (Fsp3) is 0.316. The van der Waals surface area contributed by atoms with Crippen molar-refractivity contribution < 1.29 is 13.2 Å². The number of fused-ring (bicyclic) bond motifs is 1. The summed E-state index contributed by atoms with van der Waals surface area (Å²) in [5.41, 5.74) is 2.73. The molecule has 0 radical (unpaired) electrons. The number of rotatable bonds is 4. The third-order valence-corrected chi connectivity index (χ3v) is 7.44. The second kappa shape index (κ2) is 7.50. The number of nitrogens with zero attached hydrogens (tertiary/aromatic N) is 1. The summed E-state index contributed by atoms with van der Waals surface area (Å²) in [6.45, 7) is 0. The molecule has 0 heterocycles. The predicted molar refractivity (Wildman–Crippen MR) is 105 cm³/mol. The Kier molecular flexibility index (Phi) is 5.50. The molecule has 1 atom stereocenters. The molecule has 1 aliphatic rings. The molecule has 1 amide bonds. The number of carbonyl (C=O) groups is 1. The fourth-order valence-electron chi connectivity index (χ4n) is 3.18. The van der Waals surface area contributed by atoms with Crippen LogP contribution in [0.2, 0.25) is 0 Å². The van der Waals surface area contributed by atoms with Gasteiger partial charge in [-0.2, -0.15) is 0 Å². The van der Waals surface area contributed by atoms with E-state index in [0.717, 1.165) is 29.1 Å². The summed E-state index contributed by atoms with van der Waals surface area (Å²) >= 11 is 3.27. The average Bonchev–Trinajstić information content (AvgIpc) is 2.62. The van der Waals surface area contributed by atoms with Crippen molar-refractivity contribution in [3.8, 4) is 0 Å². The van der Waals surface area contributed by atoms with Crippen LogP contribution in [0.5, 0.6) is 0 Å². The fourth-order valence-corrected chi connectivity index (χ4v) is 5.03. The number of amides is 1. The van der Waals surface area contributed by atoms with Gasteiger partial charge in [-0.05, 0) is 64.5 Å². The summed E-state index contributed by atoms with van der Waals surface area (Å²) in [7, 11) is -0.707. The second-order valence-corrected chi connectivity index (χ2v) is 9.52. The van der Waals surface area contributed by atoms with Gasteiger partial charge in [0.15, 0.2) is 0 Å². The molecule has 138 valence electrons. The van der Waals surface area contributed by atoms with Gasteiger partial charge in [0, 0.05) is 24.1 Å². The van der Waals surface area contributed by atoms with E-state index in [4.69, 9.17) is 0 Å². The zero-order chi connectivity index (χ0) is 18.9. The molecule has 7 heteroatoms. The maximum Gasteiger partial charge on any atom is 0.251 e. The van der Waals surface area contributed by atoms with Gasteiger partial charge in [-0.15, -0.1) is 0 Å².